The van der Waals surface area contributed by atoms with E-state index in [9.17, 15) is 0 Å². The van der Waals surface area contributed by atoms with Gasteiger partial charge in [-0.3, -0.25) is 0 Å². The Bertz CT molecular complexity index is 3850. The molecule has 3 aromatic heterocycles. The van der Waals surface area contributed by atoms with Crippen LogP contribution in [0.3, 0.4) is 0 Å². The molecule has 0 saturated heterocycles. The predicted molar refractivity (Wildman–Crippen MR) is 258 cm³/mol. The number of benzene rings is 10. The second kappa shape index (κ2) is 13.6. The van der Waals surface area contributed by atoms with Crippen molar-refractivity contribution in [3.63, 3.8) is 0 Å². The van der Waals surface area contributed by atoms with Gasteiger partial charge < -0.3 is 18.3 Å². The molecule has 0 unspecified atom stereocenters. The van der Waals surface area contributed by atoms with Crippen LogP contribution in [0.4, 0.5) is 17.1 Å². The van der Waals surface area contributed by atoms with Gasteiger partial charge in [0.1, 0.15) is 22.3 Å². The summed E-state index contributed by atoms with van der Waals surface area (Å²) in [4.78, 5) is 2.42. The summed E-state index contributed by atoms with van der Waals surface area (Å²) in [7, 11) is 0. The van der Waals surface area contributed by atoms with Gasteiger partial charge >= 0.3 is 0 Å². The van der Waals surface area contributed by atoms with E-state index in [1.165, 1.54) is 32.6 Å². The predicted octanol–water partition coefficient (Wildman–Crippen LogP) is 16.5. The topological polar surface area (TPSA) is 34.5 Å². The molecule has 0 spiro atoms. The molecule has 0 amide bonds. The van der Waals surface area contributed by atoms with Crippen molar-refractivity contribution >= 4 is 93.5 Å². The molecule has 4 nitrogen and oxygen atoms in total. The van der Waals surface area contributed by atoms with E-state index in [0.29, 0.717) is 0 Å². The number of hydrogen-bond acceptors (Lipinski definition) is 3. The summed E-state index contributed by atoms with van der Waals surface area (Å²) in [6.45, 7) is 0. The summed E-state index contributed by atoms with van der Waals surface area (Å²) >= 11 is 0. The van der Waals surface area contributed by atoms with E-state index in [4.69, 9.17) is 8.83 Å². The fourth-order valence-corrected chi connectivity index (χ4v) is 9.86. The molecule has 13 rings (SSSR count). The van der Waals surface area contributed by atoms with Gasteiger partial charge in [-0.2, -0.15) is 0 Å². The third-order valence-electron chi connectivity index (χ3n) is 12.6. The molecule has 62 heavy (non-hydrogen) atoms. The van der Waals surface area contributed by atoms with Gasteiger partial charge in [0.2, 0.25) is 0 Å². The van der Waals surface area contributed by atoms with Crippen molar-refractivity contribution in [1.82, 2.24) is 4.57 Å². The van der Waals surface area contributed by atoms with Crippen LogP contribution in [-0.2, 0) is 0 Å². The zero-order valence-corrected chi connectivity index (χ0v) is 33.5. The first-order chi connectivity index (χ1) is 30.8. The van der Waals surface area contributed by atoms with E-state index < -0.39 is 0 Å². The number of furan rings is 2. The first-order valence-electron chi connectivity index (χ1n) is 21.1. The van der Waals surface area contributed by atoms with Crippen molar-refractivity contribution in [2.75, 3.05) is 4.90 Å². The molecule has 4 heteroatoms. The molecular formula is C58H36N2O2. The van der Waals surface area contributed by atoms with Crippen molar-refractivity contribution in [3.05, 3.63) is 218 Å². The molecule has 0 N–H and O–H groups in total. The Morgan fingerprint density at radius 3 is 1.77 bits per heavy atom. The molecule has 0 bridgehead atoms. The number of nitrogens with zero attached hydrogens (tertiary/aromatic N) is 2. The molecule has 10 aromatic carbocycles. The lowest BCUT2D eigenvalue weighted by molar-refractivity contribution is 0.669. The van der Waals surface area contributed by atoms with Crippen molar-refractivity contribution in [2.45, 2.75) is 0 Å². The smallest absolute Gasteiger partial charge is 0.145 e. The maximum absolute atomic E-state index is 7.01. The molecule has 3 heterocycles. The van der Waals surface area contributed by atoms with Crippen molar-refractivity contribution in [2.24, 2.45) is 0 Å². The Balaban J connectivity index is 1.07. The summed E-state index contributed by atoms with van der Waals surface area (Å²) in [5.41, 5.74) is 14.3. The minimum Gasteiger partial charge on any atom is -0.456 e. The van der Waals surface area contributed by atoms with Crippen molar-refractivity contribution < 1.29 is 8.83 Å². The number of anilines is 3. The number of hydrogen-bond donors (Lipinski definition) is 0. The normalized spacial score (nSPS) is 11.9. The van der Waals surface area contributed by atoms with E-state index in [1.54, 1.807) is 0 Å². The van der Waals surface area contributed by atoms with Crippen LogP contribution >= 0.6 is 0 Å². The molecule has 0 aliphatic rings. The van der Waals surface area contributed by atoms with Crippen molar-refractivity contribution in [3.8, 4) is 27.9 Å². The monoisotopic (exact) mass is 792 g/mol. The van der Waals surface area contributed by atoms with Gasteiger partial charge in [-0.15, -0.1) is 0 Å². The zero-order chi connectivity index (χ0) is 40.7. The molecule has 0 saturated carbocycles. The average molecular weight is 793 g/mol. The summed E-state index contributed by atoms with van der Waals surface area (Å²) in [6, 6.07) is 77.9. The van der Waals surface area contributed by atoms with Crippen LogP contribution in [0, 0.1) is 0 Å². The lowest BCUT2D eigenvalue weighted by Gasteiger charge is -2.29. The number of aromatic nitrogens is 1. The summed E-state index contributed by atoms with van der Waals surface area (Å²) < 4.78 is 15.8. The standard InChI is InChI=1S/C58H36N2O2/c1-2-16-38-35-41(32-31-37(38)15-1)60(51-27-10-5-21-45(51)46-24-14-30-55-56(46)47-22-6-11-28-53(47)61-55)52-34-33-42(58-57(52)48-23-7-12-29-54(48)62-58)39-17-13-18-40(36-39)59-49-25-8-3-19-43(49)44-20-4-9-26-50(44)59/h1-36H. The van der Waals surface area contributed by atoms with Crippen LogP contribution in [0.5, 0.6) is 0 Å². The second-order valence-electron chi connectivity index (χ2n) is 16.0. The van der Waals surface area contributed by atoms with Crippen LogP contribution in [0.15, 0.2) is 227 Å². The minimum atomic E-state index is 0.842. The number of rotatable bonds is 6. The van der Waals surface area contributed by atoms with Gasteiger partial charge in [0.05, 0.1) is 27.8 Å². The van der Waals surface area contributed by atoms with E-state index in [1.807, 2.05) is 12.1 Å². The SMILES string of the molecule is c1cc(-c2ccc(N(c3ccc4ccccc4c3)c3ccccc3-c3cccc4oc5ccccc5c34)c3c2oc2ccccc23)cc(-n2c3ccccc3c3ccccc32)c1. The maximum atomic E-state index is 7.01. The molecular weight excluding hydrogens is 757 g/mol. The van der Waals surface area contributed by atoms with Crippen LogP contribution in [0.25, 0.3) is 104 Å². The minimum absolute atomic E-state index is 0.842. The third-order valence-corrected chi connectivity index (χ3v) is 12.6. The highest BCUT2D eigenvalue weighted by Crippen LogP contribution is 2.50. The highest BCUT2D eigenvalue weighted by Gasteiger charge is 2.25. The largest absolute Gasteiger partial charge is 0.456 e. The number of para-hydroxylation sites is 5. The summed E-state index contributed by atoms with van der Waals surface area (Å²) in [5.74, 6) is 0. The fraction of sp³-hybridized carbons (Fsp3) is 0. The molecule has 290 valence electrons. The molecule has 0 aliphatic carbocycles. The Morgan fingerprint density at radius 2 is 0.968 bits per heavy atom. The Morgan fingerprint density at radius 1 is 0.355 bits per heavy atom. The van der Waals surface area contributed by atoms with Gasteiger partial charge in [0, 0.05) is 49.4 Å². The first-order valence-corrected chi connectivity index (χ1v) is 21.1. The Hall–Kier alpha value is -8.34. The fourth-order valence-electron chi connectivity index (χ4n) is 9.86. The maximum Gasteiger partial charge on any atom is 0.145 e. The Labute approximate surface area is 356 Å². The Kier molecular flexibility index (Phi) is 7.57. The molecule has 0 fully saturated rings. The van der Waals surface area contributed by atoms with Gasteiger partial charge in [0.15, 0.2) is 0 Å². The molecule has 0 radical (unpaired) electrons. The summed E-state index contributed by atoms with van der Waals surface area (Å²) in [6.07, 6.45) is 0. The lowest BCUT2D eigenvalue weighted by atomic mass is 9.95. The third kappa shape index (κ3) is 5.20. The van der Waals surface area contributed by atoms with Crippen LogP contribution < -0.4 is 4.90 Å². The average Bonchev–Trinajstić information content (AvgIpc) is 4.02. The zero-order valence-electron chi connectivity index (χ0n) is 33.5. The highest BCUT2D eigenvalue weighted by molar-refractivity contribution is 6.19. The van der Waals surface area contributed by atoms with Gasteiger partial charge in [0.25, 0.3) is 0 Å². The van der Waals surface area contributed by atoms with Gasteiger partial charge in [-0.1, -0.05) is 146 Å². The van der Waals surface area contributed by atoms with Crippen LogP contribution in [-0.4, -0.2) is 4.57 Å². The van der Waals surface area contributed by atoms with Gasteiger partial charge in [-0.25, -0.2) is 0 Å². The van der Waals surface area contributed by atoms with E-state index in [-0.39, 0.29) is 0 Å². The highest BCUT2D eigenvalue weighted by atomic mass is 16.3. The lowest BCUT2D eigenvalue weighted by Crippen LogP contribution is -2.12. The summed E-state index contributed by atoms with van der Waals surface area (Å²) in [5, 5.41) is 9.15. The number of fused-ring (bicyclic) bond motifs is 10. The quantitative estimate of drug-likeness (QED) is 0.168. The molecule has 0 atom stereocenters. The van der Waals surface area contributed by atoms with E-state index in [0.717, 1.165) is 88.9 Å². The van der Waals surface area contributed by atoms with E-state index in [2.05, 4.69) is 216 Å². The van der Waals surface area contributed by atoms with E-state index >= 15 is 0 Å². The van der Waals surface area contributed by atoms with Gasteiger partial charge in [-0.05, 0) is 94.7 Å². The van der Waals surface area contributed by atoms with Crippen LogP contribution in [0.2, 0.25) is 0 Å². The first kappa shape index (κ1) is 34.5. The second-order valence-corrected chi connectivity index (χ2v) is 16.0. The molecule has 13 aromatic rings. The van der Waals surface area contributed by atoms with Crippen LogP contribution in [0.1, 0.15) is 0 Å². The van der Waals surface area contributed by atoms with Crippen molar-refractivity contribution in [1.29, 1.82) is 0 Å². The molecule has 0 aliphatic heterocycles.